The molecule has 0 aliphatic rings. The van der Waals surface area contributed by atoms with E-state index in [0.717, 1.165) is 15.6 Å². The second-order valence-electron chi connectivity index (χ2n) is 4.89. The maximum absolute atomic E-state index is 12.6. The SMILES string of the molecule is Cc1ccc2cccc(OS(=O)(=O)c3ccc(Br)cc3Br)c2n1. The van der Waals surface area contributed by atoms with Crippen LogP contribution >= 0.6 is 31.9 Å². The first-order chi connectivity index (χ1) is 10.9. The third-order valence-electron chi connectivity index (χ3n) is 3.19. The molecule has 0 bridgehead atoms. The molecule has 23 heavy (non-hydrogen) atoms. The van der Waals surface area contributed by atoms with Crippen LogP contribution in [0.25, 0.3) is 10.9 Å². The van der Waals surface area contributed by atoms with Crippen molar-refractivity contribution < 1.29 is 12.6 Å². The van der Waals surface area contributed by atoms with E-state index in [9.17, 15) is 8.42 Å². The van der Waals surface area contributed by atoms with Crippen molar-refractivity contribution in [2.24, 2.45) is 0 Å². The summed E-state index contributed by atoms with van der Waals surface area (Å²) in [7, 11) is -3.97. The van der Waals surface area contributed by atoms with Crippen molar-refractivity contribution >= 4 is 52.9 Å². The van der Waals surface area contributed by atoms with E-state index in [2.05, 4.69) is 36.8 Å². The number of fused-ring (bicyclic) bond motifs is 1. The van der Waals surface area contributed by atoms with Crippen molar-refractivity contribution in [1.29, 1.82) is 0 Å². The van der Waals surface area contributed by atoms with Crippen LogP contribution in [0.15, 0.2) is 62.4 Å². The Kier molecular flexibility index (Phi) is 4.44. The van der Waals surface area contributed by atoms with Gasteiger partial charge in [-0.15, -0.1) is 0 Å². The van der Waals surface area contributed by atoms with Crippen LogP contribution in [0, 0.1) is 6.92 Å². The molecule has 7 heteroatoms. The Balaban J connectivity index is 2.09. The number of aromatic nitrogens is 1. The van der Waals surface area contributed by atoms with E-state index in [1.807, 2.05) is 25.1 Å². The highest BCUT2D eigenvalue weighted by molar-refractivity contribution is 9.11. The molecule has 0 saturated heterocycles. The van der Waals surface area contributed by atoms with Crippen LogP contribution in [-0.4, -0.2) is 13.4 Å². The second kappa shape index (κ2) is 6.22. The standard InChI is InChI=1S/C16H11Br2NO3S/c1-10-5-6-11-3-2-4-14(16(11)19-10)22-23(20,21)15-8-7-12(17)9-13(15)18/h2-9H,1H3. The summed E-state index contributed by atoms with van der Waals surface area (Å²) in [6, 6.07) is 13.7. The summed E-state index contributed by atoms with van der Waals surface area (Å²) >= 11 is 6.55. The number of rotatable bonds is 3. The first-order valence-corrected chi connectivity index (χ1v) is 9.62. The molecule has 0 aliphatic carbocycles. The molecule has 4 nitrogen and oxygen atoms in total. The summed E-state index contributed by atoms with van der Waals surface area (Å²) in [4.78, 5) is 4.44. The van der Waals surface area contributed by atoms with Crippen molar-refractivity contribution in [2.45, 2.75) is 11.8 Å². The average molecular weight is 457 g/mol. The summed E-state index contributed by atoms with van der Waals surface area (Å²) in [6.07, 6.45) is 0. The van der Waals surface area contributed by atoms with E-state index in [1.165, 1.54) is 6.07 Å². The molecule has 1 aromatic heterocycles. The Morgan fingerprint density at radius 3 is 2.57 bits per heavy atom. The number of nitrogens with zero attached hydrogens (tertiary/aromatic N) is 1. The lowest BCUT2D eigenvalue weighted by Crippen LogP contribution is -2.11. The minimum Gasteiger partial charge on any atom is -0.377 e. The minimum absolute atomic E-state index is 0.0605. The Hall–Kier alpha value is -1.44. The highest BCUT2D eigenvalue weighted by Gasteiger charge is 2.21. The minimum atomic E-state index is -3.97. The molecular weight excluding hydrogens is 446 g/mol. The Morgan fingerprint density at radius 1 is 1.04 bits per heavy atom. The number of hydrogen-bond acceptors (Lipinski definition) is 4. The largest absolute Gasteiger partial charge is 0.377 e. The first-order valence-electron chi connectivity index (χ1n) is 6.63. The number of aryl methyl sites for hydroxylation is 1. The van der Waals surface area contributed by atoms with E-state index >= 15 is 0 Å². The number of para-hydroxylation sites is 1. The number of pyridine rings is 1. The topological polar surface area (TPSA) is 56.3 Å². The zero-order chi connectivity index (χ0) is 16.6. The normalized spacial score (nSPS) is 11.6. The van der Waals surface area contributed by atoms with Crippen LogP contribution in [0.4, 0.5) is 0 Å². The number of benzene rings is 2. The Labute approximate surface area is 150 Å². The van der Waals surface area contributed by atoms with Crippen LogP contribution in [0.5, 0.6) is 5.75 Å². The van der Waals surface area contributed by atoms with E-state index < -0.39 is 10.1 Å². The van der Waals surface area contributed by atoms with Crippen molar-refractivity contribution in [2.75, 3.05) is 0 Å². The molecule has 0 aliphatic heterocycles. The number of hydrogen-bond donors (Lipinski definition) is 0. The first kappa shape index (κ1) is 16.4. The highest BCUT2D eigenvalue weighted by atomic mass is 79.9. The van der Waals surface area contributed by atoms with Gasteiger partial charge in [-0.2, -0.15) is 8.42 Å². The fraction of sp³-hybridized carbons (Fsp3) is 0.0625. The van der Waals surface area contributed by atoms with Gasteiger partial charge in [0.05, 0.1) is 0 Å². The molecule has 0 unspecified atom stereocenters. The predicted molar refractivity (Wildman–Crippen MR) is 96.1 cm³/mol. The van der Waals surface area contributed by atoms with Gasteiger partial charge in [-0.25, -0.2) is 4.98 Å². The van der Waals surface area contributed by atoms with Crippen molar-refractivity contribution in [1.82, 2.24) is 4.98 Å². The van der Waals surface area contributed by atoms with Crippen LogP contribution in [-0.2, 0) is 10.1 Å². The second-order valence-corrected chi connectivity index (χ2v) is 8.18. The van der Waals surface area contributed by atoms with Crippen molar-refractivity contribution in [3.8, 4) is 5.75 Å². The molecule has 1 heterocycles. The van der Waals surface area contributed by atoms with E-state index in [-0.39, 0.29) is 10.6 Å². The molecule has 0 amide bonds. The Bertz CT molecular complexity index is 1000. The van der Waals surface area contributed by atoms with Crippen LogP contribution in [0.2, 0.25) is 0 Å². The zero-order valence-electron chi connectivity index (χ0n) is 12.0. The smallest absolute Gasteiger partial charge is 0.340 e. The molecular formula is C16H11Br2NO3S. The van der Waals surface area contributed by atoms with Gasteiger partial charge in [0.15, 0.2) is 5.75 Å². The summed E-state index contributed by atoms with van der Waals surface area (Å²) < 4.78 is 31.7. The van der Waals surface area contributed by atoms with Gasteiger partial charge in [0, 0.05) is 20.0 Å². The predicted octanol–water partition coefficient (Wildman–Crippen LogP) is 4.84. The number of halogens is 2. The van der Waals surface area contributed by atoms with Crippen molar-refractivity contribution in [3.63, 3.8) is 0 Å². The van der Waals surface area contributed by atoms with E-state index in [1.54, 1.807) is 24.3 Å². The molecule has 3 aromatic rings. The molecule has 0 spiro atoms. The third kappa shape index (κ3) is 3.41. The highest BCUT2D eigenvalue weighted by Crippen LogP contribution is 2.31. The van der Waals surface area contributed by atoms with Crippen LogP contribution in [0.1, 0.15) is 5.69 Å². The lowest BCUT2D eigenvalue weighted by molar-refractivity contribution is 0.487. The summed E-state index contributed by atoms with van der Waals surface area (Å²) in [6.45, 7) is 1.84. The maximum atomic E-state index is 12.6. The lowest BCUT2D eigenvalue weighted by Gasteiger charge is -2.11. The summed E-state index contributed by atoms with van der Waals surface area (Å²) in [5.41, 5.74) is 1.31. The molecule has 0 saturated carbocycles. The van der Waals surface area contributed by atoms with Crippen LogP contribution in [0.3, 0.4) is 0 Å². The van der Waals surface area contributed by atoms with Gasteiger partial charge in [0.1, 0.15) is 10.4 Å². The summed E-state index contributed by atoms with van der Waals surface area (Å²) in [5, 5.41) is 0.818. The van der Waals surface area contributed by atoms with Gasteiger partial charge in [-0.05, 0) is 53.2 Å². The van der Waals surface area contributed by atoms with Crippen molar-refractivity contribution in [3.05, 3.63) is 63.2 Å². The monoisotopic (exact) mass is 455 g/mol. The molecule has 3 rings (SSSR count). The van der Waals surface area contributed by atoms with E-state index in [0.29, 0.717) is 9.99 Å². The maximum Gasteiger partial charge on any atom is 0.340 e. The lowest BCUT2D eigenvalue weighted by atomic mass is 10.2. The van der Waals surface area contributed by atoms with Gasteiger partial charge in [0.2, 0.25) is 0 Å². The average Bonchev–Trinajstić information content (AvgIpc) is 2.47. The fourth-order valence-corrected chi connectivity index (χ4v) is 4.76. The third-order valence-corrected chi connectivity index (χ3v) is 5.89. The fourth-order valence-electron chi connectivity index (χ4n) is 2.13. The van der Waals surface area contributed by atoms with Crippen LogP contribution < -0.4 is 4.18 Å². The molecule has 0 radical (unpaired) electrons. The molecule has 2 aromatic carbocycles. The van der Waals surface area contributed by atoms with Gasteiger partial charge in [-0.3, -0.25) is 0 Å². The van der Waals surface area contributed by atoms with Gasteiger partial charge < -0.3 is 4.18 Å². The van der Waals surface area contributed by atoms with Gasteiger partial charge in [0.25, 0.3) is 0 Å². The molecule has 0 fully saturated rings. The quantitative estimate of drug-likeness (QED) is 0.529. The van der Waals surface area contributed by atoms with Gasteiger partial charge in [-0.1, -0.05) is 34.1 Å². The zero-order valence-corrected chi connectivity index (χ0v) is 15.9. The molecule has 118 valence electrons. The molecule has 0 atom stereocenters. The Morgan fingerprint density at radius 2 is 1.83 bits per heavy atom. The summed E-state index contributed by atoms with van der Waals surface area (Å²) in [5.74, 6) is 0.209. The van der Waals surface area contributed by atoms with E-state index in [4.69, 9.17) is 4.18 Å². The van der Waals surface area contributed by atoms with Gasteiger partial charge >= 0.3 is 10.1 Å². The molecule has 0 N–H and O–H groups in total.